The maximum atomic E-state index is 5.91. The Balaban J connectivity index is 2.24. The van der Waals surface area contributed by atoms with E-state index in [9.17, 15) is 0 Å². The van der Waals surface area contributed by atoms with Crippen LogP contribution in [0.15, 0.2) is 30.5 Å². The fourth-order valence-electron chi connectivity index (χ4n) is 1.18. The van der Waals surface area contributed by atoms with Gasteiger partial charge in [-0.25, -0.2) is 4.98 Å². The molecule has 0 spiro atoms. The third-order valence-corrected chi connectivity index (χ3v) is 2.56. The Morgan fingerprint density at radius 1 is 1.19 bits per heavy atom. The molecule has 0 fully saturated rings. The number of hydrogen-bond donors (Lipinski definition) is 0. The van der Waals surface area contributed by atoms with Crippen molar-refractivity contribution in [1.29, 1.82) is 0 Å². The molecule has 2 rings (SSSR count). The van der Waals surface area contributed by atoms with Crippen LogP contribution in [-0.2, 0) is 0 Å². The first-order chi connectivity index (χ1) is 7.65. The van der Waals surface area contributed by atoms with Gasteiger partial charge in [-0.15, -0.1) is 0 Å². The molecule has 0 aliphatic rings. The first-order valence-electron chi connectivity index (χ1n) is 4.58. The second-order valence-corrected chi connectivity index (χ2v) is 3.92. The first-order valence-corrected chi connectivity index (χ1v) is 5.33. The minimum atomic E-state index is 0.156. The van der Waals surface area contributed by atoms with E-state index < -0.39 is 0 Å². The molecule has 0 saturated carbocycles. The Morgan fingerprint density at radius 3 is 2.69 bits per heavy atom. The molecule has 1 aromatic carbocycles. The zero-order valence-electron chi connectivity index (χ0n) is 8.45. The van der Waals surface area contributed by atoms with Crippen LogP contribution < -0.4 is 4.74 Å². The smallest absolute Gasteiger partial charge is 0.225 e. The van der Waals surface area contributed by atoms with Crippen LogP contribution in [0.4, 0.5) is 0 Å². The Labute approximate surface area is 103 Å². The fraction of sp³-hybridized carbons (Fsp3) is 0.0909. The highest BCUT2D eigenvalue weighted by Crippen LogP contribution is 2.24. The Bertz CT molecular complexity index is 517. The molecular formula is C11H8Cl2N2O. The van der Waals surface area contributed by atoms with Gasteiger partial charge in [0, 0.05) is 17.3 Å². The molecular weight excluding hydrogens is 247 g/mol. The van der Waals surface area contributed by atoms with Crippen molar-refractivity contribution >= 4 is 23.2 Å². The van der Waals surface area contributed by atoms with Gasteiger partial charge < -0.3 is 4.74 Å². The Hall–Kier alpha value is -1.32. The third kappa shape index (κ3) is 2.62. The Kier molecular flexibility index (Phi) is 3.27. The number of aryl methyl sites for hydroxylation is 1. The zero-order chi connectivity index (χ0) is 11.5. The molecule has 0 aliphatic carbocycles. The van der Waals surface area contributed by atoms with Gasteiger partial charge in [0.2, 0.25) is 11.2 Å². The van der Waals surface area contributed by atoms with Gasteiger partial charge in [0.25, 0.3) is 0 Å². The van der Waals surface area contributed by atoms with Gasteiger partial charge in [-0.05, 0) is 42.3 Å². The van der Waals surface area contributed by atoms with Crippen molar-refractivity contribution in [1.82, 2.24) is 9.97 Å². The summed E-state index contributed by atoms with van der Waals surface area (Å²) in [7, 11) is 0. The summed E-state index contributed by atoms with van der Waals surface area (Å²) in [6, 6.07) is 7.01. The van der Waals surface area contributed by atoms with E-state index in [-0.39, 0.29) is 5.28 Å². The molecule has 0 saturated heterocycles. The standard InChI is InChI=1S/C11H8Cl2N2O/c1-7-6-8(2-3-9(7)12)16-10-4-5-14-11(13)15-10/h2-6H,1H3. The van der Waals surface area contributed by atoms with Crippen LogP contribution in [0.2, 0.25) is 10.3 Å². The van der Waals surface area contributed by atoms with E-state index >= 15 is 0 Å². The van der Waals surface area contributed by atoms with Gasteiger partial charge in [-0.3, -0.25) is 0 Å². The predicted octanol–water partition coefficient (Wildman–Crippen LogP) is 3.88. The van der Waals surface area contributed by atoms with E-state index in [2.05, 4.69) is 9.97 Å². The maximum absolute atomic E-state index is 5.91. The van der Waals surface area contributed by atoms with Gasteiger partial charge in [-0.2, -0.15) is 4.98 Å². The van der Waals surface area contributed by atoms with E-state index in [1.165, 1.54) is 6.20 Å². The molecule has 0 bridgehead atoms. The van der Waals surface area contributed by atoms with Gasteiger partial charge in [-0.1, -0.05) is 11.6 Å². The number of ether oxygens (including phenoxy) is 1. The average molecular weight is 255 g/mol. The molecule has 0 amide bonds. The largest absolute Gasteiger partial charge is 0.439 e. The fourth-order valence-corrected chi connectivity index (χ4v) is 1.44. The number of hydrogen-bond acceptors (Lipinski definition) is 3. The first kappa shape index (κ1) is 11.2. The average Bonchev–Trinajstić information content (AvgIpc) is 2.24. The van der Waals surface area contributed by atoms with Gasteiger partial charge >= 0.3 is 0 Å². The van der Waals surface area contributed by atoms with Gasteiger partial charge in [0.15, 0.2) is 0 Å². The number of rotatable bonds is 2. The molecule has 0 unspecified atom stereocenters. The van der Waals surface area contributed by atoms with Crippen molar-refractivity contribution < 1.29 is 4.74 Å². The van der Waals surface area contributed by atoms with Crippen LogP contribution in [0.3, 0.4) is 0 Å². The summed E-state index contributed by atoms with van der Waals surface area (Å²) < 4.78 is 5.50. The summed E-state index contributed by atoms with van der Waals surface area (Å²) in [5.74, 6) is 1.07. The van der Waals surface area contributed by atoms with E-state index in [1.54, 1.807) is 18.2 Å². The lowest BCUT2D eigenvalue weighted by molar-refractivity contribution is 0.461. The number of halogens is 2. The van der Waals surface area contributed by atoms with E-state index in [0.29, 0.717) is 16.7 Å². The van der Waals surface area contributed by atoms with Crippen molar-refractivity contribution in [2.75, 3.05) is 0 Å². The molecule has 5 heteroatoms. The van der Waals surface area contributed by atoms with Crippen LogP contribution in [0.1, 0.15) is 5.56 Å². The molecule has 82 valence electrons. The summed E-state index contributed by atoms with van der Waals surface area (Å²) in [5.41, 5.74) is 0.944. The highest BCUT2D eigenvalue weighted by atomic mass is 35.5. The maximum Gasteiger partial charge on any atom is 0.225 e. The third-order valence-electron chi connectivity index (χ3n) is 1.95. The summed E-state index contributed by atoms with van der Waals surface area (Å²) in [6.45, 7) is 1.90. The quantitative estimate of drug-likeness (QED) is 0.763. The molecule has 2 aromatic rings. The Morgan fingerprint density at radius 2 is 2.00 bits per heavy atom. The molecule has 0 atom stereocenters. The number of nitrogens with zero attached hydrogens (tertiary/aromatic N) is 2. The molecule has 0 N–H and O–H groups in total. The monoisotopic (exact) mass is 254 g/mol. The predicted molar refractivity (Wildman–Crippen MR) is 63.3 cm³/mol. The van der Waals surface area contributed by atoms with Crippen molar-refractivity contribution in [3.63, 3.8) is 0 Å². The molecule has 1 heterocycles. The van der Waals surface area contributed by atoms with Crippen LogP contribution in [0.25, 0.3) is 0 Å². The summed E-state index contributed by atoms with van der Waals surface area (Å²) in [4.78, 5) is 7.69. The van der Waals surface area contributed by atoms with E-state index in [1.807, 2.05) is 13.0 Å². The molecule has 0 aliphatic heterocycles. The zero-order valence-corrected chi connectivity index (χ0v) is 9.96. The number of aromatic nitrogens is 2. The SMILES string of the molecule is Cc1cc(Oc2ccnc(Cl)n2)ccc1Cl. The second-order valence-electron chi connectivity index (χ2n) is 3.18. The second kappa shape index (κ2) is 4.68. The van der Waals surface area contributed by atoms with Crippen molar-refractivity contribution in [3.8, 4) is 11.6 Å². The van der Waals surface area contributed by atoms with Crippen molar-refractivity contribution in [2.45, 2.75) is 6.92 Å². The van der Waals surface area contributed by atoms with Crippen LogP contribution in [0.5, 0.6) is 11.6 Å². The molecule has 16 heavy (non-hydrogen) atoms. The van der Waals surface area contributed by atoms with E-state index in [4.69, 9.17) is 27.9 Å². The van der Waals surface area contributed by atoms with Crippen molar-refractivity contribution in [3.05, 3.63) is 46.3 Å². The van der Waals surface area contributed by atoms with Crippen LogP contribution >= 0.6 is 23.2 Å². The van der Waals surface area contributed by atoms with Crippen LogP contribution in [0, 0.1) is 6.92 Å². The van der Waals surface area contributed by atoms with Gasteiger partial charge in [0.1, 0.15) is 5.75 Å². The lowest BCUT2D eigenvalue weighted by Gasteiger charge is -2.05. The minimum Gasteiger partial charge on any atom is -0.439 e. The van der Waals surface area contributed by atoms with Crippen molar-refractivity contribution in [2.24, 2.45) is 0 Å². The molecule has 3 nitrogen and oxygen atoms in total. The summed E-state index contributed by atoms with van der Waals surface area (Å²) >= 11 is 11.6. The highest BCUT2D eigenvalue weighted by Gasteiger charge is 2.02. The normalized spacial score (nSPS) is 10.2. The van der Waals surface area contributed by atoms with E-state index in [0.717, 1.165) is 5.56 Å². The van der Waals surface area contributed by atoms with Gasteiger partial charge in [0.05, 0.1) is 0 Å². The minimum absolute atomic E-state index is 0.156. The van der Waals surface area contributed by atoms with Crippen LogP contribution in [-0.4, -0.2) is 9.97 Å². The topological polar surface area (TPSA) is 35.0 Å². The summed E-state index contributed by atoms with van der Waals surface area (Å²) in [5, 5.41) is 0.858. The highest BCUT2D eigenvalue weighted by molar-refractivity contribution is 6.31. The molecule has 1 aromatic heterocycles. The number of benzene rings is 1. The summed E-state index contributed by atoms with van der Waals surface area (Å²) in [6.07, 6.45) is 1.54. The lowest BCUT2D eigenvalue weighted by Crippen LogP contribution is -1.90. The lowest BCUT2D eigenvalue weighted by atomic mass is 10.2. The molecule has 0 radical (unpaired) electrons.